The fraction of sp³-hybridized carbons (Fsp3) is 0. The highest BCUT2D eigenvalue weighted by molar-refractivity contribution is 6.19. The molecule has 242 valence electrons. The van der Waals surface area contributed by atoms with E-state index in [4.69, 9.17) is 8.83 Å². The van der Waals surface area contributed by atoms with Gasteiger partial charge in [-0.3, -0.25) is 0 Å². The fourth-order valence-corrected chi connectivity index (χ4v) is 8.58. The standard InChI is InChI=1S/C48H28N2O2/c1-2-10-31(11-3-1)49-41-15-7-4-12-33(41)38-26-29(18-23-43(38)49)30-19-24-44-39(27-30)34-13-5-8-16-42(34)50(44)32-20-25-46-40(28-32)37-22-21-36-35-14-6-9-17-45(35)51-47(36)48(37)52-46/h1-28H. The van der Waals surface area contributed by atoms with Gasteiger partial charge < -0.3 is 18.0 Å². The van der Waals surface area contributed by atoms with Crippen LogP contribution in [0.4, 0.5) is 0 Å². The van der Waals surface area contributed by atoms with Gasteiger partial charge in [0.2, 0.25) is 0 Å². The minimum atomic E-state index is 0.788. The molecule has 0 fully saturated rings. The summed E-state index contributed by atoms with van der Waals surface area (Å²) in [4.78, 5) is 0. The predicted molar refractivity (Wildman–Crippen MR) is 215 cm³/mol. The highest BCUT2D eigenvalue weighted by Gasteiger charge is 2.19. The van der Waals surface area contributed by atoms with E-state index >= 15 is 0 Å². The van der Waals surface area contributed by atoms with Gasteiger partial charge in [-0.05, 0) is 96.1 Å². The third-order valence-corrected chi connectivity index (χ3v) is 10.9. The molecule has 0 amide bonds. The van der Waals surface area contributed by atoms with E-state index in [9.17, 15) is 0 Å². The number of benzene rings is 8. The summed E-state index contributed by atoms with van der Waals surface area (Å²) >= 11 is 0. The maximum atomic E-state index is 6.49. The first-order valence-corrected chi connectivity index (χ1v) is 17.7. The molecular weight excluding hydrogens is 637 g/mol. The molecule has 0 aliphatic rings. The van der Waals surface area contributed by atoms with Gasteiger partial charge in [0.05, 0.1) is 22.1 Å². The maximum Gasteiger partial charge on any atom is 0.178 e. The van der Waals surface area contributed by atoms with Crippen LogP contribution >= 0.6 is 0 Å². The Morgan fingerprint density at radius 1 is 0.288 bits per heavy atom. The van der Waals surface area contributed by atoms with Crippen LogP contribution in [0.3, 0.4) is 0 Å². The van der Waals surface area contributed by atoms with Crippen molar-refractivity contribution in [1.82, 2.24) is 9.13 Å². The zero-order valence-corrected chi connectivity index (χ0v) is 27.9. The molecule has 4 heterocycles. The molecule has 0 saturated carbocycles. The third-order valence-electron chi connectivity index (χ3n) is 10.9. The van der Waals surface area contributed by atoms with Gasteiger partial charge in [0.1, 0.15) is 11.2 Å². The molecular formula is C48H28N2O2. The Morgan fingerprint density at radius 2 is 0.788 bits per heavy atom. The zero-order chi connectivity index (χ0) is 33.9. The maximum absolute atomic E-state index is 6.49. The number of nitrogens with zero attached hydrogens (tertiary/aromatic N) is 2. The van der Waals surface area contributed by atoms with E-state index in [2.05, 4.69) is 161 Å². The third kappa shape index (κ3) is 3.75. The average molecular weight is 665 g/mol. The van der Waals surface area contributed by atoms with Crippen molar-refractivity contribution in [3.8, 4) is 22.5 Å². The van der Waals surface area contributed by atoms with Crippen molar-refractivity contribution in [1.29, 1.82) is 0 Å². The average Bonchev–Trinajstić information content (AvgIpc) is 3.95. The fourth-order valence-electron chi connectivity index (χ4n) is 8.58. The molecule has 12 aromatic rings. The number of hydrogen-bond acceptors (Lipinski definition) is 2. The molecule has 0 aliphatic carbocycles. The summed E-state index contributed by atoms with van der Waals surface area (Å²) in [5.74, 6) is 0. The highest BCUT2D eigenvalue weighted by atomic mass is 16.4. The highest BCUT2D eigenvalue weighted by Crippen LogP contribution is 2.41. The molecule has 0 radical (unpaired) electrons. The smallest absolute Gasteiger partial charge is 0.178 e. The Bertz CT molecular complexity index is 3410. The van der Waals surface area contributed by atoms with E-state index < -0.39 is 0 Å². The number of aromatic nitrogens is 2. The van der Waals surface area contributed by atoms with Gasteiger partial charge in [-0.25, -0.2) is 0 Å². The molecule has 52 heavy (non-hydrogen) atoms. The van der Waals surface area contributed by atoms with Crippen LogP contribution in [0.1, 0.15) is 0 Å². The Hall–Kier alpha value is -7.04. The molecule has 8 aromatic carbocycles. The van der Waals surface area contributed by atoms with Crippen molar-refractivity contribution >= 4 is 87.5 Å². The quantitative estimate of drug-likeness (QED) is 0.188. The lowest BCUT2D eigenvalue weighted by Gasteiger charge is -2.09. The zero-order valence-electron chi connectivity index (χ0n) is 27.9. The first kappa shape index (κ1) is 27.7. The first-order valence-electron chi connectivity index (χ1n) is 17.7. The lowest BCUT2D eigenvalue weighted by Crippen LogP contribution is -1.93. The van der Waals surface area contributed by atoms with Gasteiger partial charge in [-0.15, -0.1) is 0 Å². The normalized spacial score (nSPS) is 12.2. The Balaban J connectivity index is 1.04. The van der Waals surface area contributed by atoms with E-state index in [-0.39, 0.29) is 0 Å². The van der Waals surface area contributed by atoms with Crippen molar-refractivity contribution in [3.63, 3.8) is 0 Å². The van der Waals surface area contributed by atoms with E-state index in [1.54, 1.807) is 0 Å². The van der Waals surface area contributed by atoms with Crippen LogP contribution < -0.4 is 0 Å². The van der Waals surface area contributed by atoms with Crippen LogP contribution in [0.2, 0.25) is 0 Å². The summed E-state index contributed by atoms with van der Waals surface area (Å²) in [7, 11) is 0. The Labute approximate surface area is 296 Å². The van der Waals surface area contributed by atoms with Gasteiger partial charge in [-0.1, -0.05) is 84.9 Å². The summed E-state index contributed by atoms with van der Waals surface area (Å²) < 4.78 is 17.6. The van der Waals surface area contributed by atoms with Crippen molar-refractivity contribution in [2.45, 2.75) is 0 Å². The van der Waals surface area contributed by atoms with Crippen LogP contribution in [-0.2, 0) is 0 Å². The van der Waals surface area contributed by atoms with E-state index in [0.717, 1.165) is 49.6 Å². The molecule has 0 atom stereocenters. The molecule has 0 spiro atoms. The lowest BCUT2D eigenvalue weighted by atomic mass is 10.0. The van der Waals surface area contributed by atoms with Crippen molar-refractivity contribution in [2.24, 2.45) is 0 Å². The summed E-state index contributed by atoms with van der Waals surface area (Å²) in [6.07, 6.45) is 0. The van der Waals surface area contributed by atoms with Crippen molar-refractivity contribution in [3.05, 3.63) is 170 Å². The molecule has 0 bridgehead atoms. The van der Waals surface area contributed by atoms with E-state index in [0.29, 0.717) is 0 Å². The van der Waals surface area contributed by atoms with E-state index in [1.807, 2.05) is 18.2 Å². The van der Waals surface area contributed by atoms with Crippen molar-refractivity contribution in [2.75, 3.05) is 0 Å². The lowest BCUT2D eigenvalue weighted by molar-refractivity contribution is 0.633. The number of furan rings is 2. The molecule has 4 aromatic heterocycles. The summed E-state index contributed by atoms with van der Waals surface area (Å²) in [5, 5.41) is 9.24. The number of hydrogen-bond donors (Lipinski definition) is 0. The van der Waals surface area contributed by atoms with Crippen LogP contribution in [0, 0.1) is 0 Å². The summed E-state index contributed by atoms with van der Waals surface area (Å²) in [5.41, 5.74) is 12.7. The van der Waals surface area contributed by atoms with Gasteiger partial charge in [0.25, 0.3) is 0 Å². The second-order valence-electron chi connectivity index (χ2n) is 13.7. The topological polar surface area (TPSA) is 36.1 Å². The Kier molecular flexibility index (Phi) is 5.47. The second-order valence-corrected chi connectivity index (χ2v) is 13.7. The van der Waals surface area contributed by atoms with E-state index in [1.165, 1.54) is 60.4 Å². The van der Waals surface area contributed by atoms with Crippen LogP contribution in [0.15, 0.2) is 179 Å². The first-order chi connectivity index (χ1) is 25.8. The molecule has 0 aliphatic heterocycles. The Morgan fingerprint density at radius 3 is 1.44 bits per heavy atom. The molecule has 12 rings (SSSR count). The largest absolute Gasteiger partial charge is 0.452 e. The second kappa shape index (κ2) is 10.3. The van der Waals surface area contributed by atoms with Crippen LogP contribution in [-0.4, -0.2) is 9.13 Å². The molecule has 0 unspecified atom stereocenters. The molecule has 0 N–H and O–H groups in total. The van der Waals surface area contributed by atoms with Crippen LogP contribution in [0.25, 0.3) is 110 Å². The molecule has 4 nitrogen and oxygen atoms in total. The molecule has 4 heteroatoms. The van der Waals surface area contributed by atoms with Crippen molar-refractivity contribution < 1.29 is 8.83 Å². The number of rotatable bonds is 3. The van der Waals surface area contributed by atoms with Gasteiger partial charge in [-0.2, -0.15) is 0 Å². The predicted octanol–water partition coefficient (Wildman–Crippen LogP) is 13.3. The number of fused-ring (bicyclic) bond motifs is 13. The van der Waals surface area contributed by atoms with Gasteiger partial charge in [0, 0.05) is 54.5 Å². The summed E-state index contributed by atoms with van der Waals surface area (Å²) in [6.45, 7) is 0. The van der Waals surface area contributed by atoms with Gasteiger partial charge >= 0.3 is 0 Å². The number of para-hydroxylation sites is 4. The van der Waals surface area contributed by atoms with Crippen LogP contribution in [0.5, 0.6) is 0 Å². The summed E-state index contributed by atoms with van der Waals surface area (Å²) in [6, 6.07) is 60.8. The minimum absolute atomic E-state index is 0.788. The van der Waals surface area contributed by atoms with Gasteiger partial charge in [0.15, 0.2) is 11.2 Å². The molecule has 0 saturated heterocycles. The minimum Gasteiger partial charge on any atom is -0.452 e. The SMILES string of the molecule is c1ccc(-n2c3ccccc3c3cc(-c4ccc5c(c4)c4ccccc4n5-c4ccc5oc6c(ccc7c8ccccc8oc76)c5c4)ccc32)cc1. The monoisotopic (exact) mass is 664 g/mol.